The average Bonchev–Trinajstić information content (AvgIpc) is 3.99. The van der Waals surface area contributed by atoms with Gasteiger partial charge >= 0.3 is 0 Å². The molecule has 2 N–H and O–H groups in total. The summed E-state index contributed by atoms with van der Waals surface area (Å²) < 4.78 is 52.1. The zero-order chi connectivity index (χ0) is 47.4. The van der Waals surface area contributed by atoms with E-state index in [1.165, 1.54) is 18.2 Å². The molecule has 0 unspecified atom stereocenters. The lowest BCUT2D eigenvalue weighted by Crippen LogP contribution is -2.29. The highest BCUT2D eigenvalue weighted by atomic mass is 35.5. The quantitative estimate of drug-likeness (QED) is 0.123. The van der Waals surface area contributed by atoms with Crippen LogP contribution in [0.4, 0.5) is 20.2 Å². The first-order valence-corrected chi connectivity index (χ1v) is 23.6. The summed E-state index contributed by atoms with van der Waals surface area (Å²) in [4.78, 5) is 18.2. The number of aryl methyl sites for hydroxylation is 4. The SMILES string of the molecule is Cc1noc(C)c1-c1ccc(NC2CCOCC2)c(NC(=O)[C@H](C)Cc2ccc(Cl)c(F)c2)c1.Cc1noc(C)c1-c1ccc2c(c1)nc([C@H](C)Cc1ccc(Cl)c(F)c1)n2C1CCOCC1. The predicted molar refractivity (Wildman–Crippen MR) is 259 cm³/mol. The molecule has 352 valence electrons. The molecular formula is C52H56Cl2F2N6O5. The van der Waals surface area contributed by atoms with Gasteiger partial charge in [-0.25, -0.2) is 13.8 Å². The minimum absolute atomic E-state index is 0.0702. The van der Waals surface area contributed by atoms with Crippen molar-refractivity contribution in [2.45, 2.75) is 98.1 Å². The van der Waals surface area contributed by atoms with Crippen LogP contribution >= 0.6 is 23.2 Å². The van der Waals surface area contributed by atoms with Gasteiger partial charge in [0.2, 0.25) is 5.91 Å². The van der Waals surface area contributed by atoms with Gasteiger partial charge in [0, 0.05) is 61.5 Å². The number of imidazole rings is 1. The zero-order valence-electron chi connectivity index (χ0n) is 38.7. The number of hydrogen-bond donors (Lipinski definition) is 2. The minimum atomic E-state index is -0.484. The Morgan fingerprint density at radius 1 is 0.716 bits per heavy atom. The van der Waals surface area contributed by atoms with Crippen molar-refractivity contribution < 1.29 is 32.1 Å². The van der Waals surface area contributed by atoms with Crippen molar-refractivity contribution in [3.05, 3.63) is 134 Å². The van der Waals surface area contributed by atoms with Crippen molar-refractivity contribution in [1.82, 2.24) is 19.9 Å². The van der Waals surface area contributed by atoms with Gasteiger partial charge in [-0.3, -0.25) is 4.79 Å². The van der Waals surface area contributed by atoms with Crippen molar-refractivity contribution >= 4 is 51.5 Å². The zero-order valence-corrected chi connectivity index (χ0v) is 40.2. The molecule has 1 amide bonds. The highest BCUT2D eigenvalue weighted by molar-refractivity contribution is 6.31. The fraction of sp³-hybridized carbons (Fsp3) is 0.385. The Labute approximate surface area is 399 Å². The summed E-state index contributed by atoms with van der Waals surface area (Å²) in [6.45, 7) is 14.5. The normalized spacial score (nSPS) is 15.6. The molecule has 2 aliphatic rings. The van der Waals surface area contributed by atoms with Gasteiger partial charge in [0.05, 0.1) is 43.8 Å². The number of nitrogens with one attached hydrogen (secondary N) is 2. The molecule has 0 aliphatic carbocycles. The first-order chi connectivity index (χ1) is 32.2. The molecule has 67 heavy (non-hydrogen) atoms. The van der Waals surface area contributed by atoms with Gasteiger partial charge < -0.3 is 33.7 Å². The number of aromatic nitrogens is 4. The van der Waals surface area contributed by atoms with Gasteiger partial charge in [-0.2, -0.15) is 0 Å². The number of carbonyl (C=O) groups is 1. The van der Waals surface area contributed by atoms with Crippen molar-refractivity contribution in [3.8, 4) is 22.3 Å². The molecule has 0 bridgehead atoms. The minimum Gasteiger partial charge on any atom is -0.381 e. The van der Waals surface area contributed by atoms with Gasteiger partial charge in [0.1, 0.15) is 29.0 Å². The third kappa shape index (κ3) is 11.1. The second-order valence-electron chi connectivity index (χ2n) is 17.8. The highest BCUT2D eigenvalue weighted by Crippen LogP contribution is 2.37. The third-order valence-corrected chi connectivity index (χ3v) is 13.3. The van der Waals surface area contributed by atoms with Crippen LogP contribution in [0, 0.1) is 45.2 Å². The Morgan fingerprint density at radius 3 is 1.84 bits per heavy atom. The molecule has 0 radical (unpaired) electrons. The Kier molecular flexibility index (Phi) is 15.1. The van der Waals surface area contributed by atoms with Crippen LogP contribution in [0.25, 0.3) is 33.3 Å². The average molecular weight is 954 g/mol. The third-order valence-electron chi connectivity index (χ3n) is 12.7. The maximum absolute atomic E-state index is 14.0. The monoisotopic (exact) mass is 952 g/mol. The van der Waals surface area contributed by atoms with E-state index in [0.29, 0.717) is 37.8 Å². The molecular weight excluding hydrogens is 898 g/mol. The Balaban J connectivity index is 0.000000182. The van der Waals surface area contributed by atoms with E-state index in [2.05, 4.69) is 50.6 Å². The fourth-order valence-electron chi connectivity index (χ4n) is 9.21. The van der Waals surface area contributed by atoms with Crippen LogP contribution < -0.4 is 10.6 Å². The van der Waals surface area contributed by atoms with Crippen LogP contribution in [-0.2, 0) is 27.1 Å². The van der Waals surface area contributed by atoms with E-state index < -0.39 is 5.82 Å². The number of rotatable bonds is 12. The van der Waals surface area contributed by atoms with Gasteiger partial charge in [-0.05, 0) is 137 Å². The van der Waals surface area contributed by atoms with Gasteiger partial charge in [0.25, 0.3) is 0 Å². The number of carbonyl (C=O) groups excluding carboxylic acids is 1. The summed E-state index contributed by atoms with van der Waals surface area (Å²) in [5.41, 5.74) is 10.8. The maximum Gasteiger partial charge on any atom is 0.227 e. The molecule has 11 nitrogen and oxygen atoms in total. The fourth-order valence-corrected chi connectivity index (χ4v) is 9.44. The number of amides is 1. The van der Waals surface area contributed by atoms with Gasteiger partial charge in [-0.15, -0.1) is 0 Å². The van der Waals surface area contributed by atoms with E-state index in [9.17, 15) is 13.6 Å². The molecule has 9 rings (SSSR count). The van der Waals surface area contributed by atoms with Crippen LogP contribution in [0.5, 0.6) is 0 Å². The molecule has 2 atom stereocenters. The Hall–Kier alpha value is -5.60. The van der Waals surface area contributed by atoms with E-state index >= 15 is 0 Å². The lowest BCUT2D eigenvalue weighted by Gasteiger charge is -2.27. The molecule has 2 aliphatic heterocycles. The summed E-state index contributed by atoms with van der Waals surface area (Å²) in [6, 6.07) is 22.6. The summed E-state index contributed by atoms with van der Waals surface area (Å²) in [5.74, 6) is 1.24. The molecule has 0 spiro atoms. The Morgan fingerprint density at radius 2 is 1.27 bits per heavy atom. The number of benzene rings is 4. The molecule has 0 saturated carbocycles. The van der Waals surface area contributed by atoms with Crippen molar-refractivity contribution in [3.63, 3.8) is 0 Å². The van der Waals surface area contributed by atoms with E-state index in [1.54, 1.807) is 12.1 Å². The highest BCUT2D eigenvalue weighted by Gasteiger charge is 2.26. The first-order valence-electron chi connectivity index (χ1n) is 22.9. The molecule has 7 aromatic rings. The van der Waals surface area contributed by atoms with E-state index in [-0.39, 0.29) is 39.6 Å². The smallest absolute Gasteiger partial charge is 0.227 e. The molecule has 15 heteroatoms. The second kappa shape index (κ2) is 21.1. The predicted octanol–water partition coefficient (Wildman–Crippen LogP) is 13.0. The standard InChI is InChI=1S/C26H29ClFN3O3.C26H27ClFN3O2/c1-15(12-18-4-6-21(27)22(28)13-18)26(32)30-24-14-19(25-16(2)31-34-17(25)3)5-7-23(24)29-20-8-10-33-11-9-20;1-15(12-18-4-6-21(27)22(28)13-18)26-29-23-14-19(25-16(2)30-33-17(25)3)5-7-24(23)31(26)20-8-10-32-11-9-20/h4-7,13-15,20,29H,8-12H2,1-3H3,(H,30,32);4-7,13-15,20H,8-12H2,1-3H3/t2*15-/m11/s1. The summed E-state index contributed by atoms with van der Waals surface area (Å²) in [5, 5.41) is 15.0. The topological polar surface area (TPSA) is 129 Å². The Bertz CT molecular complexity index is 2830. The molecule has 5 heterocycles. The summed E-state index contributed by atoms with van der Waals surface area (Å²) >= 11 is 11.7. The van der Waals surface area contributed by atoms with Crippen molar-refractivity contribution in [1.29, 1.82) is 0 Å². The van der Waals surface area contributed by atoms with Crippen LogP contribution in [0.1, 0.15) is 91.4 Å². The van der Waals surface area contributed by atoms with E-state index in [1.807, 2.05) is 58.9 Å². The lowest BCUT2D eigenvalue weighted by molar-refractivity contribution is -0.119. The van der Waals surface area contributed by atoms with Crippen LogP contribution in [-0.4, -0.2) is 58.2 Å². The molecule has 4 aromatic carbocycles. The summed E-state index contributed by atoms with van der Waals surface area (Å²) in [6.07, 6.45) is 4.78. The van der Waals surface area contributed by atoms with E-state index in [0.717, 1.165) is 118 Å². The van der Waals surface area contributed by atoms with Crippen molar-refractivity contribution in [2.75, 3.05) is 37.1 Å². The van der Waals surface area contributed by atoms with Crippen molar-refractivity contribution in [2.24, 2.45) is 5.92 Å². The lowest BCUT2D eigenvalue weighted by atomic mass is 9.99. The number of hydrogen-bond acceptors (Lipinski definition) is 9. The first kappa shape index (κ1) is 47.9. The number of anilines is 2. The molecule has 3 aromatic heterocycles. The number of fused-ring (bicyclic) bond motifs is 1. The number of halogens is 4. The largest absolute Gasteiger partial charge is 0.381 e. The van der Waals surface area contributed by atoms with E-state index in [4.69, 9.17) is 46.7 Å². The molecule has 2 fully saturated rings. The number of nitrogens with zero attached hydrogens (tertiary/aromatic N) is 4. The second-order valence-corrected chi connectivity index (χ2v) is 18.6. The molecule has 2 saturated heterocycles. The maximum atomic E-state index is 14.0. The van der Waals surface area contributed by atoms with Crippen LogP contribution in [0.2, 0.25) is 10.0 Å². The van der Waals surface area contributed by atoms with Gasteiger partial charge in [-0.1, -0.05) is 71.6 Å². The summed E-state index contributed by atoms with van der Waals surface area (Å²) in [7, 11) is 0. The van der Waals surface area contributed by atoms with Gasteiger partial charge in [0.15, 0.2) is 0 Å². The van der Waals surface area contributed by atoms with Crippen LogP contribution in [0.3, 0.4) is 0 Å². The number of ether oxygens (including phenoxy) is 2. The van der Waals surface area contributed by atoms with Crippen LogP contribution in [0.15, 0.2) is 81.8 Å².